The average molecular weight is 407 g/mol. The molecule has 8 heteroatoms. The third-order valence-electron chi connectivity index (χ3n) is 5.58. The van der Waals surface area contributed by atoms with Crippen LogP contribution in [0.3, 0.4) is 0 Å². The Kier molecular flexibility index (Phi) is 6.22. The minimum absolute atomic E-state index is 0.0254. The number of ether oxygens (including phenoxy) is 1. The van der Waals surface area contributed by atoms with E-state index >= 15 is 0 Å². The maximum absolute atomic E-state index is 12.7. The predicted octanol–water partition coefficient (Wildman–Crippen LogP) is 3.63. The molecule has 156 valence electrons. The molecule has 4 rings (SSSR count). The first-order valence-corrected chi connectivity index (χ1v) is 10.2. The topological polar surface area (TPSA) is 109 Å². The van der Waals surface area contributed by atoms with Crippen LogP contribution in [0, 0.1) is 11.8 Å². The van der Waals surface area contributed by atoms with E-state index in [0.717, 1.165) is 42.3 Å². The molecule has 0 atom stereocenters. The lowest BCUT2D eigenvalue weighted by atomic mass is 9.81. The Morgan fingerprint density at radius 3 is 2.70 bits per heavy atom. The maximum Gasteiger partial charge on any atom is 0.407 e. The number of benzene rings is 1. The Bertz CT molecular complexity index is 996. The van der Waals surface area contributed by atoms with Crippen molar-refractivity contribution in [3.8, 4) is 0 Å². The molecule has 3 N–H and O–H groups in total. The first kappa shape index (κ1) is 19.9. The Balaban J connectivity index is 1.19. The van der Waals surface area contributed by atoms with E-state index in [1.807, 2.05) is 30.3 Å². The number of aromatic amines is 1. The average Bonchev–Trinajstić information content (AvgIpc) is 3.27. The normalized spacial score (nSPS) is 18.7. The van der Waals surface area contributed by atoms with Crippen LogP contribution in [0.2, 0.25) is 0 Å². The number of anilines is 1. The molecular weight excluding hydrogens is 382 g/mol. The van der Waals surface area contributed by atoms with E-state index in [4.69, 9.17) is 4.74 Å². The van der Waals surface area contributed by atoms with Gasteiger partial charge >= 0.3 is 6.09 Å². The number of carbonyl (C=O) groups excluding carboxylic acids is 2. The van der Waals surface area contributed by atoms with Gasteiger partial charge in [-0.15, -0.1) is 0 Å². The summed E-state index contributed by atoms with van der Waals surface area (Å²) in [5.41, 5.74) is 2.34. The number of hydrogen-bond donors (Lipinski definition) is 3. The van der Waals surface area contributed by atoms with Gasteiger partial charge in [-0.25, -0.2) is 9.78 Å². The Labute approximate surface area is 174 Å². The fourth-order valence-corrected chi connectivity index (χ4v) is 3.83. The zero-order valence-corrected chi connectivity index (χ0v) is 16.6. The van der Waals surface area contributed by atoms with Gasteiger partial charge in [0.05, 0.1) is 17.3 Å². The number of pyridine rings is 1. The molecular formula is C22H25N5O3. The summed E-state index contributed by atoms with van der Waals surface area (Å²) in [6.45, 7) is 0.834. The van der Waals surface area contributed by atoms with Crippen LogP contribution in [-0.2, 0) is 16.1 Å². The van der Waals surface area contributed by atoms with Crippen molar-refractivity contribution in [2.75, 3.05) is 11.9 Å². The molecule has 0 spiro atoms. The van der Waals surface area contributed by atoms with Crippen LogP contribution in [0.4, 0.5) is 10.5 Å². The van der Waals surface area contributed by atoms with Crippen molar-refractivity contribution in [1.29, 1.82) is 0 Å². The number of amides is 2. The quantitative estimate of drug-likeness (QED) is 0.578. The van der Waals surface area contributed by atoms with E-state index < -0.39 is 6.09 Å². The molecule has 2 heterocycles. The van der Waals surface area contributed by atoms with Gasteiger partial charge in [-0.3, -0.25) is 9.89 Å². The van der Waals surface area contributed by atoms with Crippen LogP contribution in [-0.4, -0.2) is 33.7 Å². The zero-order valence-electron chi connectivity index (χ0n) is 16.6. The summed E-state index contributed by atoms with van der Waals surface area (Å²) in [5, 5.41) is 13.4. The second-order valence-corrected chi connectivity index (χ2v) is 7.64. The third-order valence-corrected chi connectivity index (χ3v) is 5.58. The lowest BCUT2D eigenvalue weighted by Gasteiger charge is -2.27. The molecule has 0 unspecified atom stereocenters. The molecule has 2 amide bonds. The zero-order chi connectivity index (χ0) is 20.8. The number of carbonyl (C=O) groups is 2. The van der Waals surface area contributed by atoms with Gasteiger partial charge in [0.15, 0.2) is 5.65 Å². The van der Waals surface area contributed by atoms with Crippen molar-refractivity contribution < 1.29 is 14.3 Å². The van der Waals surface area contributed by atoms with Crippen LogP contribution in [0.25, 0.3) is 11.0 Å². The molecule has 1 aromatic carbocycles. The number of H-pyrrole nitrogens is 1. The second-order valence-electron chi connectivity index (χ2n) is 7.64. The van der Waals surface area contributed by atoms with E-state index in [9.17, 15) is 9.59 Å². The number of nitrogens with zero attached hydrogens (tertiary/aromatic N) is 2. The highest BCUT2D eigenvalue weighted by atomic mass is 16.5. The summed E-state index contributed by atoms with van der Waals surface area (Å²) in [6.07, 6.45) is 6.31. The molecule has 0 saturated heterocycles. The molecule has 0 bridgehead atoms. The number of hydrogen-bond acceptors (Lipinski definition) is 5. The van der Waals surface area contributed by atoms with Crippen molar-refractivity contribution in [1.82, 2.24) is 20.5 Å². The van der Waals surface area contributed by atoms with Crippen LogP contribution < -0.4 is 10.6 Å². The van der Waals surface area contributed by atoms with Crippen molar-refractivity contribution in [3.63, 3.8) is 0 Å². The fraction of sp³-hybridized carbons (Fsp3) is 0.364. The van der Waals surface area contributed by atoms with Crippen LogP contribution in [0.1, 0.15) is 31.2 Å². The summed E-state index contributed by atoms with van der Waals surface area (Å²) in [4.78, 5) is 28.8. The summed E-state index contributed by atoms with van der Waals surface area (Å²) >= 11 is 0. The van der Waals surface area contributed by atoms with Crippen LogP contribution in [0.15, 0.2) is 48.8 Å². The number of nitrogens with one attached hydrogen (secondary N) is 3. The van der Waals surface area contributed by atoms with Crippen LogP contribution in [0.5, 0.6) is 0 Å². The van der Waals surface area contributed by atoms with Gasteiger partial charge in [-0.1, -0.05) is 30.3 Å². The first-order valence-electron chi connectivity index (χ1n) is 10.2. The van der Waals surface area contributed by atoms with Crippen molar-refractivity contribution in [3.05, 3.63) is 54.4 Å². The van der Waals surface area contributed by atoms with Crippen molar-refractivity contribution in [2.45, 2.75) is 32.3 Å². The minimum Gasteiger partial charge on any atom is -0.445 e. The highest BCUT2D eigenvalue weighted by Gasteiger charge is 2.27. The van der Waals surface area contributed by atoms with Crippen molar-refractivity contribution in [2.24, 2.45) is 11.8 Å². The fourth-order valence-electron chi connectivity index (χ4n) is 3.83. The third kappa shape index (κ3) is 4.94. The van der Waals surface area contributed by atoms with E-state index in [1.54, 1.807) is 18.5 Å². The molecule has 1 saturated carbocycles. The highest BCUT2D eigenvalue weighted by molar-refractivity contribution is 6.00. The highest BCUT2D eigenvalue weighted by Crippen LogP contribution is 2.30. The lowest BCUT2D eigenvalue weighted by Crippen LogP contribution is -2.34. The number of aromatic nitrogens is 3. The maximum atomic E-state index is 12.7. The van der Waals surface area contributed by atoms with Gasteiger partial charge in [0.25, 0.3) is 0 Å². The number of rotatable bonds is 6. The molecule has 3 aromatic rings. The Morgan fingerprint density at radius 2 is 1.90 bits per heavy atom. The van der Waals surface area contributed by atoms with Crippen molar-refractivity contribution >= 4 is 28.7 Å². The van der Waals surface area contributed by atoms with E-state index in [1.165, 1.54) is 0 Å². The SMILES string of the molecule is O=C(NC[C@H]1CC[C@H](C(=O)Nc2ccnc3[nH]ncc23)CC1)OCc1ccccc1. The Hall–Kier alpha value is -3.42. The lowest BCUT2D eigenvalue weighted by molar-refractivity contribution is -0.121. The largest absolute Gasteiger partial charge is 0.445 e. The van der Waals surface area contributed by atoms with Gasteiger partial charge in [0.1, 0.15) is 6.61 Å². The van der Waals surface area contributed by atoms with Crippen LogP contribution >= 0.6 is 0 Å². The molecule has 0 radical (unpaired) electrons. The van der Waals surface area contributed by atoms with Gasteiger partial charge in [0.2, 0.25) is 5.91 Å². The molecule has 8 nitrogen and oxygen atoms in total. The molecule has 2 aromatic heterocycles. The molecule has 1 aliphatic carbocycles. The van der Waals surface area contributed by atoms with Gasteiger partial charge < -0.3 is 15.4 Å². The molecule has 0 aliphatic heterocycles. The second kappa shape index (κ2) is 9.39. The smallest absolute Gasteiger partial charge is 0.407 e. The van der Waals surface area contributed by atoms with Gasteiger partial charge in [-0.05, 0) is 43.2 Å². The first-order chi connectivity index (χ1) is 14.7. The molecule has 30 heavy (non-hydrogen) atoms. The predicted molar refractivity (Wildman–Crippen MR) is 113 cm³/mol. The summed E-state index contributed by atoms with van der Waals surface area (Å²) in [6, 6.07) is 11.4. The summed E-state index contributed by atoms with van der Waals surface area (Å²) < 4.78 is 5.25. The van der Waals surface area contributed by atoms with E-state index in [-0.39, 0.29) is 18.4 Å². The van der Waals surface area contributed by atoms with Gasteiger partial charge in [0, 0.05) is 18.7 Å². The van der Waals surface area contributed by atoms with E-state index in [0.29, 0.717) is 18.1 Å². The number of fused-ring (bicyclic) bond motifs is 1. The standard InChI is InChI=1S/C22H25N5O3/c28-21(26-19-10-11-23-20-18(19)13-25-27-20)17-8-6-15(7-9-17)12-24-22(29)30-14-16-4-2-1-3-5-16/h1-5,10-11,13,15,17H,6-9,12,14H2,(H,24,29)(H2,23,25,26,27,28)/t15-,17-. The van der Waals surface area contributed by atoms with E-state index in [2.05, 4.69) is 25.8 Å². The summed E-state index contributed by atoms with van der Waals surface area (Å²) in [5.74, 6) is 0.360. The monoisotopic (exact) mass is 407 g/mol. The molecule has 1 aliphatic rings. The van der Waals surface area contributed by atoms with Gasteiger partial charge in [-0.2, -0.15) is 5.10 Å². The Morgan fingerprint density at radius 1 is 1.10 bits per heavy atom. The minimum atomic E-state index is -0.402. The molecule has 1 fully saturated rings. The summed E-state index contributed by atoms with van der Waals surface area (Å²) in [7, 11) is 0. The number of alkyl carbamates (subject to hydrolysis) is 1.